The Morgan fingerprint density at radius 2 is 0.418 bits per heavy atom. The zero-order valence-electron chi connectivity index (χ0n) is 82.1. The Hall–Kier alpha value is -16.2. The normalized spacial score (nSPS) is 14.7. The summed E-state index contributed by atoms with van der Waals surface area (Å²) in [6, 6.07) is 169. The maximum atomic E-state index is 2.54. The van der Waals surface area contributed by atoms with Gasteiger partial charge in [0.25, 0.3) is 0 Å². The summed E-state index contributed by atoms with van der Waals surface area (Å²) in [5.41, 5.74) is 50.1. The monoisotopic (exact) mass is 1810 g/mol. The van der Waals surface area contributed by atoms with E-state index >= 15 is 0 Å². The number of fused-ring (bicyclic) bond motifs is 21. The molecule has 0 fully saturated rings. The van der Waals surface area contributed by atoms with E-state index in [0.717, 1.165) is 11.4 Å². The second-order valence-corrected chi connectivity index (χ2v) is 42.6. The Kier molecular flexibility index (Phi) is 20.1. The number of para-hydroxylation sites is 1. The van der Waals surface area contributed by atoms with E-state index in [0.29, 0.717) is 0 Å². The van der Waals surface area contributed by atoms with E-state index in [1.807, 2.05) is 0 Å². The molecular formula is C138H111N3. The summed E-state index contributed by atoms with van der Waals surface area (Å²) < 4.78 is 0. The Morgan fingerprint density at radius 1 is 0.142 bits per heavy atom. The molecule has 0 aliphatic heterocycles. The van der Waals surface area contributed by atoms with Gasteiger partial charge in [-0.25, -0.2) is 0 Å². The third kappa shape index (κ3) is 13.7. The van der Waals surface area contributed by atoms with Gasteiger partial charge in [0.05, 0.1) is 17.1 Å². The number of anilines is 9. The SMILES string of the molecule is CC1(C)c2ccccc2-c2ccc(N(c3ccc(-c4ccc5ccccc5c4)cc3)c3ccc4c(c3)C(C)(C)c3ccccc3-4)cc21.CC1(C)c2ccccc2-c2ccc(N(c3ccc(-c4ccc5ccccc5c4)cc3)c3cccc4c3C(C)(C)c3ccccc3-4)cc21.CC1(C)c2ccccc2-c2ccc(N(c3ccccc3-c3cccc4ccccc34)c3cccc4c3-c3ccccc3C4(C)C)cc21. The maximum Gasteiger partial charge on any atom is 0.0543 e. The zero-order valence-corrected chi connectivity index (χ0v) is 82.1. The van der Waals surface area contributed by atoms with Crippen LogP contribution in [0.4, 0.5) is 51.2 Å². The van der Waals surface area contributed by atoms with Crippen molar-refractivity contribution in [3.8, 4) is 100 Å². The van der Waals surface area contributed by atoms with Crippen LogP contribution in [0.25, 0.3) is 132 Å². The molecule has 141 heavy (non-hydrogen) atoms. The van der Waals surface area contributed by atoms with Gasteiger partial charge in [-0.1, -0.05) is 435 Å². The van der Waals surface area contributed by atoms with E-state index in [9.17, 15) is 0 Å². The lowest BCUT2D eigenvalue weighted by molar-refractivity contribution is 0.658. The van der Waals surface area contributed by atoms with Crippen LogP contribution >= 0.6 is 0 Å². The third-order valence-electron chi connectivity index (χ3n) is 32.6. The molecule has 21 aromatic carbocycles. The van der Waals surface area contributed by atoms with Crippen LogP contribution in [0.3, 0.4) is 0 Å². The molecule has 6 aliphatic carbocycles. The van der Waals surface area contributed by atoms with Gasteiger partial charge in [-0.15, -0.1) is 0 Å². The molecule has 0 N–H and O–H groups in total. The minimum atomic E-state index is -0.141. The van der Waals surface area contributed by atoms with Crippen LogP contribution in [-0.4, -0.2) is 0 Å². The Bertz CT molecular complexity index is 8570. The van der Waals surface area contributed by atoms with Crippen molar-refractivity contribution in [2.24, 2.45) is 0 Å². The number of hydrogen-bond donors (Lipinski definition) is 0. The summed E-state index contributed by atoms with van der Waals surface area (Å²) in [4.78, 5) is 7.48. The first kappa shape index (κ1) is 86.4. The van der Waals surface area contributed by atoms with E-state index < -0.39 is 0 Å². The molecule has 678 valence electrons. The Labute approximate surface area is 829 Å². The molecule has 0 radical (unpaired) electrons. The fraction of sp³-hybridized carbons (Fsp3) is 0.130. The molecule has 21 aromatic rings. The van der Waals surface area contributed by atoms with Gasteiger partial charge in [-0.3, -0.25) is 0 Å². The summed E-state index contributed by atoms with van der Waals surface area (Å²) >= 11 is 0. The molecule has 6 aliphatic rings. The lowest BCUT2D eigenvalue weighted by Gasteiger charge is -2.33. The molecule has 0 saturated heterocycles. The Balaban J connectivity index is 0.000000111. The first-order valence-electron chi connectivity index (χ1n) is 50.1. The van der Waals surface area contributed by atoms with Crippen LogP contribution in [0.15, 0.2) is 455 Å². The highest BCUT2D eigenvalue weighted by atomic mass is 15.2. The predicted molar refractivity (Wildman–Crippen MR) is 598 cm³/mol. The van der Waals surface area contributed by atoms with Gasteiger partial charge in [0, 0.05) is 77.7 Å². The van der Waals surface area contributed by atoms with Gasteiger partial charge in [0.1, 0.15) is 0 Å². The summed E-state index contributed by atoms with van der Waals surface area (Å²) in [5.74, 6) is 0. The molecule has 0 spiro atoms. The maximum absolute atomic E-state index is 2.54. The molecular weight excluding hydrogens is 1700 g/mol. The summed E-state index contributed by atoms with van der Waals surface area (Å²) in [6.45, 7) is 28.4. The highest BCUT2D eigenvalue weighted by Gasteiger charge is 2.45. The van der Waals surface area contributed by atoms with E-state index in [4.69, 9.17) is 0 Å². The van der Waals surface area contributed by atoms with Crippen molar-refractivity contribution in [2.45, 2.75) is 116 Å². The van der Waals surface area contributed by atoms with Crippen molar-refractivity contribution < 1.29 is 0 Å². The van der Waals surface area contributed by atoms with Crippen LogP contribution in [0, 0.1) is 0 Å². The number of hydrogen-bond acceptors (Lipinski definition) is 3. The lowest BCUT2D eigenvalue weighted by atomic mass is 9.81. The lowest BCUT2D eigenvalue weighted by Crippen LogP contribution is -2.21. The fourth-order valence-electron chi connectivity index (χ4n) is 25.2. The molecule has 0 aromatic heterocycles. The quantitative estimate of drug-likeness (QED) is 0.121. The van der Waals surface area contributed by atoms with E-state index in [-0.39, 0.29) is 32.5 Å². The second kappa shape index (κ2) is 32.7. The average Bonchev–Trinajstić information content (AvgIpc) is 1.58. The topological polar surface area (TPSA) is 9.72 Å². The van der Waals surface area contributed by atoms with Gasteiger partial charge in [0.2, 0.25) is 0 Å². The van der Waals surface area contributed by atoms with Crippen molar-refractivity contribution >= 4 is 83.5 Å². The predicted octanol–water partition coefficient (Wildman–Crippen LogP) is 37.8. The van der Waals surface area contributed by atoms with Crippen molar-refractivity contribution in [1.29, 1.82) is 0 Å². The van der Waals surface area contributed by atoms with Crippen molar-refractivity contribution in [2.75, 3.05) is 14.7 Å². The van der Waals surface area contributed by atoms with Crippen LogP contribution in [0.2, 0.25) is 0 Å². The van der Waals surface area contributed by atoms with Crippen LogP contribution in [0.1, 0.15) is 150 Å². The zero-order chi connectivity index (χ0) is 95.7. The molecule has 0 heterocycles. The van der Waals surface area contributed by atoms with Crippen LogP contribution < -0.4 is 14.7 Å². The number of nitrogens with zero attached hydrogens (tertiary/aromatic N) is 3. The van der Waals surface area contributed by atoms with E-state index in [1.54, 1.807) is 0 Å². The average molecular weight is 1810 g/mol. The van der Waals surface area contributed by atoms with E-state index in [1.165, 1.54) is 239 Å². The van der Waals surface area contributed by atoms with Gasteiger partial charge < -0.3 is 14.7 Å². The minimum Gasteiger partial charge on any atom is -0.310 e. The number of benzene rings is 21. The first-order valence-corrected chi connectivity index (χ1v) is 50.1. The molecule has 3 heteroatoms. The first-order chi connectivity index (χ1) is 68.5. The smallest absolute Gasteiger partial charge is 0.0543 e. The standard InChI is InChI=1S/3C46H37N/c1-45(2)39-23-11-8-20-37(39)44-40(45)24-14-26-43(44)47(31-27-28-35-34-18-7-10-22-38(34)46(3,4)41(35)29-31)42-25-12-9-19-36(42)33-21-13-16-30-15-5-6-17-32(30)33;1-45(2)40-17-9-7-14-36(40)38-27-26-35(29-42(38)45)47(43-19-11-16-39-37-15-8-10-18-41(37)46(3,4)44(39)43)34-24-22-31(23-25-34)33-21-20-30-12-5-6-13-32(30)28-33;1-45(2)41-15-9-7-13-37(41)39-25-23-35(28-43(39)45)47(36-24-26-40-38-14-8-10-16-42(38)46(3,4)44(40)29-36)34-21-19-31(20-22-34)33-18-17-30-11-5-6-12-32(30)27-33/h3*5-29H,1-4H3. The van der Waals surface area contributed by atoms with Crippen molar-refractivity contribution in [3.05, 3.63) is 522 Å². The minimum absolute atomic E-state index is 0.0743. The van der Waals surface area contributed by atoms with Gasteiger partial charge in [-0.2, -0.15) is 0 Å². The van der Waals surface area contributed by atoms with Crippen molar-refractivity contribution in [1.82, 2.24) is 0 Å². The molecule has 0 bridgehead atoms. The molecule has 3 nitrogen and oxygen atoms in total. The summed E-state index contributed by atoms with van der Waals surface area (Å²) in [6.07, 6.45) is 0. The van der Waals surface area contributed by atoms with Gasteiger partial charge in [0.15, 0.2) is 0 Å². The molecule has 27 rings (SSSR count). The van der Waals surface area contributed by atoms with Crippen molar-refractivity contribution in [3.63, 3.8) is 0 Å². The largest absolute Gasteiger partial charge is 0.310 e. The van der Waals surface area contributed by atoms with Crippen LogP contribution in [-0.2, 0) is 32.5 Å². The highest BCUT2D eigenvalue weighted by Crippen LogP contribution is 2.62. The number of rotatable bonds is 12. The fourth-order valence-corrected chi connectivity index (χ4v) is 25.2. The molecule has 0 atom stereocenters. The highest BCUT2D eigenvalue weighted by molar-refractivity contribution is 6.05. The van der Waals surface area contributed by atoms with Gasteiger partial charge in [-0.05, 0) is 291 Å². The molecule has 0 amide bonds. The van der Waals surface area contributed by atoms with Crippen LogP contribution in [0.5, 0.6) is 0 Å². The second-order valence-electron chi connectivity index (χ2n) is 42.6. The van der Waals surface area contributed by atoms with E-state index in [2.05, 4.69) is 553 Å². The third-order valence-corrected chi connectivity index (χ3v) is 32.6. The Morgan fingerprint density at radius 3 is 0.879 bits per heavy atom. The summed E-state index contributed by atoms with van der Waals surface area (Å²) in [7, 11) is 0. The molecule has 0 unspecified atom stereocenters. The van der Waals surface area contributed by atoms with Gasteiger partial charge >= 0.3 is 0 Å². The summed E-state index contributed by atoms with van der Waals surface area (Å²) in [5, 5.41) is 7.57. The molecule has 0 saturated carbocycles.